The minimum absolute atomic E-state index is 0.0804. The van der Waals surface area contributed by atoms with Gasteiger partial charge >= 0.3 is 0 Å². The average molecular weight is 216 g/mol. The zero-order chi connectivity index (χ0) is 12.2. The van der Waals surface area contributed by atoms with Gasteiger partial charge in [-0.15, -0.1) is 6.42 Å². The highest BCUT2D eigenvalue weighted by molar-refractivity contribution is 5.80. The van der Waals surface area contributed by atoms with Gasteiger partial charge in [-0.1, -0.05) is 38.8 Å². The summed E-state index contributed by atoms with van der Waals surface area (Å²) in [6.45, 7) is 6.38. The van der Waals surface area contributed by atoms with E-state index in [0.29, 0.717) is 11.3 Å². The lowest BCUT2D eigenvalue weighted by atomic mass is 9.85. The molecule has 0 saturated carbocycles. The molecule has 0 amide bonds. The average Bonchev–Trinajstić information content (AvgIpc) is 2.24. The van der Waals surface area contributed by atoms with Crippen LogP contribution in [-0.4, -0.2) is 12.9 Å². The van der Waals surface area contributed by atoms with Crippen molar-refractivity contribution in [3.63, 3.8) is 0 Å². The van der Waals surface area contributed by atoms with E-state index in [0.717, 1.165) is 11.8 Å². The van der Waals surface area contributed by atoms with Crippen LogP contribution in [0, 0.1) is 12.3 Å². The van der Waals surface area contributed by atoms with Crippen molar-refractivity contribution < 1.29 is 9.53 Å². The number of hydrogen-bond donors (Lipinski definition) is 0. The van der Waals surface area contributed by atoms with E-state index in [1.165, 1.54) is 0 Å². The summed E-state index contributed by atoms with van der Waals surface area (Å²) in [7, 11) is 0. The standard InChI is InChI=1S/C14H16O2/c1-5-9-16-13-11(10-15)7-6-8-12(13)14(2,3)4/h1,6-8,10H,9H2,2-4H3. The number of carbonyl (C=O) groups is 1. The molecule has 2 heteroatoms. The fraction of sp³-hybridized carbons (Fsp3) is 0.357. The highest BCUT2D eigenvalue weighted by atomic mass is 16.5. The third-order valence-electron chi connectivity index (χ3n) is 2.28. The van der Waals surface area contributed by atoms with E-state index in [-0.39, 0.29) is 12.0 Å². The monoisotopic (exact) mass is 216 g/mol. The van der Waals surface area contributed by atoms with Crippen molar-refractivity contribution in [1.82, 2.24) is 0 Å². The van der Waals surface area contributed by atoms with Crippen LogP contribution in [0.5, 0.6) is 5.75 Å². The van der Waals surface area contributed by atoms with E-state index in [1.807, 2.05) is 12.1 Å². The predicted molar refractivity (Wildman–Crippen MR) is 64.9 cm³/mol. The molecule has 1 aromatic rings. The summed E-state index contributed by atoms with van der Waals surface area (Å²) in [4.78, 5) is 10.9. The Morgan fingerprint density at radius 3 is 2.62 bits per heavy atom. The van der Waals surface area contributed by atoms with Crippen molar-refractivity contribution in [3.05, 3.63) is 29.3 Å². The van der Waals surface area contributed by atoms with E-state index < -0.39 is 0 Å². The number of aldehydes is 1. The first-order valence-corrected chi connectivity index (χ1v) is 5.15. The summed E-state index contributed by atoms with van der Waals surface area (Å²) in [5.74, 6) is 3.01. The van der Waals surface area contributed by atoms with Crippen LogP contribution in [0.15, 0.2) is 18.2 Å². The van der Waals surface area contributed by atoms with Crippen molar-refractivity contribution in [2.45, 2.75) is 26.2 Å². The third-order valence-corrected chi connectivity index (χ3v) is 2.28. The first kappa shape index (κ1) is 12.3. The van der Waals surface area contributed by atoms with Gasteiger partial charge < -0.3 is 4.74 Å². The zero-order valence-electron chi connectivity index (χ0n) is 9.91. The van der Waals surface area contributed by atoms with Crippen LogP contribution < -0.4 is 4.74 Å². The topological polar surface area (TPSA) is 26.3 Å². The maximum atomic E-state index is 10.9. The molecular formula is C14H16O2. The number of carbonyl (C=O) groups excluding carboxylic acids is 1. The molecule has 0 aliphatic heterocycles. The highest BCUT2D eigenvalue weighted by Crippen LogP contribution is 2.33. The Morgan fingerprint density at radius 2 is 2.12 bits per heavy atom. The fourth-order valence-electron chi connectivity index (χ4n) is 1.51. The highest BCUT2D eigenvalue weighted by Gasteiger charge is 2.20. The number of benzene rings is 1. The van der Waals surface area contributed by atoms with Gasteiger partial charge in [-0.05, 0) is 11.5 Å². The van der Waals surface area contributed by atoms with E-state index in [4.69, 9.17) is 11.2 Å². The first-order valence-electron chi connectivity index (χ1n) is 5.15. The predicted octanol–water partition coefficient (Wildman–Crippen LogP) is 2.81. The molecular weight excluding hydrogens is 200 g/mol. The Balaban J connectivity index is 3.27. The molecule has 0 saturated heterocycles. The van der Waals surface area contributed by atoms with Gasteiger partial charge in [0.05, 0.1) is 5.56 Å². The van der Waals surface area contributed by atoms with Crippen LogP contribution >= 0.6 is 0 Å². The van der Waals surface area contributed by atoms with Crippen molar-refractivity contribution in [2.24, 2.45) is 0 Å². The maximum Gasteiger partial charge on any atom is 0.153 e. The summed E-state index contributed by atoms with van der Waals surface area (Å²) in [5.41, 5.74) is 1.46. The Labute approximate surface area is 96.6 Å². The molecule has 0 bridgehead atoms. The van der Waals surface area contributed by atoms with Crippen molar-refractivity contribution >= 4 is 6.29 Å². The van der Waals surface area contributed by atoms with E-state index in [1.54, 1.807) is 6.07 Å². The van der Waals surface area contributed by atoms with E-state index in [2.05, 4.69) is 26.7 Å². The molecule has 0 fully saturated rings. The molecule has 0 aliphatic carbocycles. The summed E-state index contributed by atoms with van der Waals surface area (Å²) in [6.07, 6.45) is 5.96. The fourth-order valence-corrected chi connectivity index (χ4v) is 1.51. The lowest BCUT2D eigenvalue weighted by molar-refractivity contribution is 0.112. The summed E-state index contributed by atoms with van der Waals surface area (Å²) < 4.78 is 5.47. The summed E-state index contributed by atoms with van der Waals surface area (Å²) in [5, 5.41) is 0. The second-order valence-corrected chi connectivity index (χ2v) is 4.58. The number of rotatable bonds is 3. The number of hydrogen-bond acceptors (Lipinski definition) is 2. The molecule has 0 aromatic heterocycles. The summed E-state index contributed by atoms with van der Waals surface area (Å²) in [6, 6.07) is 5.54. The van der Waals surface area contributed by atoms with Crippen molar-refractivity contribution in [2.75, 3.05) is 6.61 Å². The molecule has 0 aliphatic rings. The van der Waals surface area contributed by atoms with E-state index >= 15 is 0 Å². The van der Waals surface area contributed by atoms with Gasteiger partial charge in [0.2, 0.25) is 0 Å². The minimum Gasteiger partial charge on any atom is -0.480 e. The first-order chi connectivity index (χ1) is 7.50. The molecule has 16 heavy (non-hydrogen) atoms. The molecule has 0 N–H and O–H groups in total. The van der Waals surface area contributed by atoms with Gasteiger partial charge in [0.15, 0.2) is 6.29 Å². The van der Waals surface area contributed by atoms with E-state index in [9.17, 15) is 4.79 Å². The van der Waals surface area contributed by atoms with Gasteiger partial charge in [0, 0.05) is 5.56 Å². The normalized spacial score (nSPS) is 10.6. The van der Waals surface area contributed by atoms with Crippen LogP contribution in [0.2, 0.25) is 0 Å². The van der Waals surface area contributed by atoms with Gasteiger partial charge in [-0.3, -0.25) is 4.79 Å². The number of terminal acetylenes is 1. The largest absolute Gasteiger partial charge is 0.480 e. The molecule has 0 unspecified atom stereocenters. The molecule has 0 atom stereocenters. The molecule has 0 radical (unpaired) electrons. The number of ether oxygens (including phenoxy) is 1. The maximum absolute atomic E-state index is 10.9. The minimum atomic E-state index is -0.0804. The van der Waals surface area contributed by atoms with Crippen LogP contribution in [0.25, 0.3) is 0 Å². The van der Waals surface area contributed by atoms with Crippen LogP contribution in [0.3, 0.4) is 0 Å². The van der Waals surface area contributed by atoms with Crippen molar-refractivity contribution in [3.8, 4) is 18.1 Å². The lowest BCUT2D eigenvalue weighted by Crippen LogP contribution is -2.14. The Morgan fingerprint density at radius 1 is 1.44 bits per heavy atom. The Bertz CT molecular complexity index is 419. The second-order valence-electron chi connectivity index (χ2n) is 4.58. The Hall–Kier alpha value is -1.75. The molecule has 84 valence electrons. The smallest absolute Gasteiger partial charge is 0.153 e. The van der Waals surface area contributed by atoms with Crippen LogP contribution in [0.1, 0.15) is 36.7 Å². The van der Waals surface area contributed by atoms with Gasteiger partial charge in [-0.2, -0.15) is 0 Å². The molecule has 0 spiro atoms. The third kappa shape index (κ3) is 2.64. The zero-order valence-corrected chi connectivity index (χ0v) is 9.91. The molecule has 1 aromatic carbocycles. The summed E-state index contributed by atoms with van der Waals surface area (Å²) >= 11 is 0. The Kier molecular flexibility index (Phi) is 3.73. The van der Waals surface area contributed by atoms with Crippen molar-refractivity contribution in [1.29, 1.82) is 0 Å². The SMILES string of the molecule is C#CCOc1c(C=O)cccc1C(C)(C)C. The lowest BCUT2D eigenvalue weighted by Gasteiger charge is -2.23. The van der Waals surface area contributed by atoms with Gasteiger partial charge in [0.25, 0.3) is 0 Å². The number of para-hydroxylation sites is 1. The van der Waals surface area contributed by atoms with Gasteiger partial charge in [-0.25, -0.2) is 0 Å². The van der Waals surface area contributed by atoms with Crippen LogP contribution in [0.4, 0.5) is 0 Å². The van der Waals surface area contributed by atoms with Crippen LogP contribution in [-0.2, 0) is 5.41 Å². The molecule has 1 rings (SSSR count). The van der Waals surface area contributed by atoms with Gasteiger partial charge in [0.1, 0.15) is 12.4 Å². The second kappa shape index (κ2) is 4.85. The molecule has 0 heterocycles. The molecule has 2 nitrogen and oxygen atoms in total. The quantitative estimate of drug-likeness (QED) is 0.573.